The van der Waals surface area contributed by atoms with Gasteiger partial charge in [0.05, 0.1) is 0 Å². The summed E-state index contributed by atoms with van der Waals surface area (Å²) in [4.78, 5) is 2.46. The highest BCUT2D eigenvalue weighted by Gasteiger charge is 2.27. The minimum atomic E-state index is 0.701. The number of hydrogen-bond donors (Lipinski definition) is 1. The molecule has 0 radical (unpaired) electrons. The van der Waals surface area contributed by atoms with Gasteiger partial charge in [0.1, 0.15) is 0 Å². The minimum Gasteiger partial charge on any atom is -0.399 e. The zero-order valence-corrected chi connectivity index (χ0v) is 10.4. The van der Waals surface area contributed by atoms with E-state index in [4.69, 9.17) is 5.73 Å². The maximum Gasteiger partial charge on any atom is 0.0317 e. The van der Waals surface area contributed by atoms with Crippen molar-refractivity contribution in [3.8, 4) is 0 Å². The molecule has 2 nitrogen and oxygen atoms in total. The topological polar surface area (TPSA) is 29.3 Å². The van der Waals surface area contributed by atoms with Crippen molar-refractivity contribution >= 4 is 5.69 Å². The van der Waals surface area contributed by atoms with E-state index in [1.165, 1.54) is 11.1 Å². The Morgan fingerprint density at radius 2 is 1.78 bits per heavy atom. The van der Waals surface area contributed by atoms with Crippen LogP contribution in [0.1, 0.15) is 17.0 Å². The zero-order chi connectivity index (χ0) is 12.4. The Morgan fingerprint density at radius 1 is 1.00 bits per heavy atom. The summed E-state index contributed by atoms with van der Waals surface area (Å²) in [6.45, 7) is 3.31. The lowest BCUT2D eigenvalue weighted by Crippen LogP contribution is -2.44. The lowest BCUT2D eigenvalue weighted by molar-refractivity contribution is 0.140. The van der Waals surface area contributed by atoms with Gasteiger partial charge in [-0.3, -0.25) is 4.90 Å². The number of nitrogen functional groups attached to an aromatic ring is 1. The van der Waals surface area contributed by atoms with Gasteiger partial charge in [0.15, 0.2) is 0 Å². The van der Waals surface area contributed by atoms with Crippen LogP contribution in [-0.4, -0.2) is 18.0 Å². The van der Waals surface area contributed by atoms with Gasteiger partial charge in [-0.15, -0.1) is 0 Å². The third kappa shape index (κ3) is 2.39. The summed E-state index contributed by atoms with van der Waals surface area (Å²) in [5, 5.41) is 0. The molecule has 3 rings (SSSR count). The molecule has 0 atom stereocenters. The molecule has 2 N–H and O–H groups in total. The predicted octanol–water partition coefficient (Wildman–Crippen LogP) is 2.87. The molecule has 0 bridgehead atoms. The van der Waals surface area contributed by atoms with E-state index >= 15 is 0 Å². The Kier molecular flexibility index (Phi) is 3.03. The van der Waals surface area contributed by atoms with Crippen molar-refractivity contribution in [3.05, 3.63) is 65.7 Å². The summed E-state index contributed by atoms with van der Waals surface area (Å²) in [5.74, 6) is 0.701. The zero-order valence-electron chi connectivity index (χ0n) is 10.4. The van der Waals surface area contributed by atoms with Crippen LogP contribution in [0.5, 0.6) is 0 Å². The predicted molar refractivity (Wildman–Crippen MR) is 75.3 cm³/mol. The van der Waals surface area contributed by atoms with Crippen LogP contribution in [0.15, 0.2) is 54.6 Å². The van der Waals surface area contributed by atoms with Crippen molar-refractivity contribution in [1.29, 1.82) is 0 Å². The van der Waals surface area contributed by atoms with E-state index < -0.39 is 0 Å². The van der Waals surface area contributed by atoms with Crippen LogP contribution in [0, 0.1) is 0 Å². The molecule has 92 valence electrons. The first-order chi connectivity index (χ1) is 8.81. The molecule has 0 spiro atoms. The van der Waals surface area contributed by atoms with Crippen molar-refractivity contribution in [2.75, 3.05) is 18.8 Å². The third-order valence-corrected chi connectivity index (χ3v) is 3.59. The first-order valence-electron chi connectivity index (χ1n) is 6.43. The standard InChI is InChI=1S/C16H18N2/c17-16-8-4-5-13(9-16)10-18-11-15(12-18)14-6-2-1-3-7-14/h1-9,15H,10-12,17H2. The maximum absolute atomic E-state index is 5.79. The summed E-state index contributed by atoms with van der Waals surface area (Å²) >= 11 is 0. The Hall–Kier alpha value is -1.80. The SMILES string of the molecule is Nc1cccc(CN2CC(c3ccccc3)C2)c1. The van der Waals surface area contributed by atoms with Crippen LogP contribution in [-0.2, 0) is 6.54 Å². The number of benzene rings is 2. The Labute approximate surface area is 108 Å². The van der Waals surface area contributed by atoms with E-state index in [1.54, 1.807) is 0 Å². The first-order valence-corrected chi connectivity index (χ1v) is 6.43. The van der Waals surface area contributed by atoms with Gasteiger partial charge in [-0.1, -0.05) is 42.5 Å². The van der Waals surface area contributed by atoms with Crippen molar-refractivity contribution in [3.63, 3.8) is 0 Å². The molecule has 2 heteroatoms. The fourth-order valence-corrected chi connectivity index (χ4v) is 2.58. The highest BCUT2D eigenvalue weighted by Crippen LogP contribution is 2.28. The third-order valence-electron chi connectivity index (χ3n) is 3.59. The van der Waals surface area contributed by atoms with Crippen LogP contribution in [0.3, 0.4) is 0 Å². The van der Waals surface area contributed by atoms with E-state index in [9.17, 15) is 0 Å². The fraction of sp³-hybridized carbons (Fsp3) is 0.250. The van der Waals surface area contributed by atoms with Gasteiger partial charge in [-0.2, -0.15) is 0 Å². The molecule has 2 aromatic carbocycles. The summed E-state index contributed by atoms with van der Waals surface area (Å²) in [5.41, 5.74) is 9.41. The molecule has 0 aromatic heterocycles. The summed E-state index contributed by atoms with van der Waals surface area (Å²) in [6.07, 6.45) is 0. The van der Waals surface area contributed by atoms with Gasteiger partial charge in [0.25, 0.3) is 0 Å². The highest BCUT2D eigenvalue weighted by molar-refractivity contribution is 5.40. The van der Waals surface area contributed by atoms with E-state index in [1.807, 2.05) is 12.1 Å². The van der Waals surface area contributed by atoms with Gasteiger partial charge < -0.3 is 5.73 Å². The van der Waals surface area contributed by atoms with Gasteiger partial charge >= 0.3 is 0 Å². The van der Waals surface area contributed by atoms with E-state index in [0.717, 1.165) is 25.3 Å². The first kappa shape index (κ1) is 11.3. The number of likely N-dealkylation sites (tertiary alicyclic amines) is 1. The quantitative estimate of drug-likeness (QED) is 0.833. The lowest BCUT2D eigenvalue weighted by Gasteiger charge is -2.39. The van der Waals surface area contributed by atoms with Crippen molar-refractivity contribution in [2.45, 2.75) is 12.5 Å². The van der Waals surface area contributed by atoms with Crippen LogP contribution in [0.4, 0.5) is 5.69 Å². The molecule has 2 aromatic rings. The van der Waals surface area contributed by atoms with Gasteiger partial charge in [-0.05, 0) is 23.3 Å². The molecular weight excluding hydrogens is 220 g/mol. The number of nitrogens with zero attached hydrogens (tertiary/aromatic N) is 1. The van der Waals surface area contributed by atoms with Crippen LogP contribution in [0.25, 0.3) is 0 Å². The van der Waals surface area contributed by atoms with Crippen molar-refractivity contribution in [1.82, 2.24) is 4.90 Å². The maximum atomic E-state index is 5.79. The number of anilines is 1. The summed E-state index contributed by atoms with van der Waals surface area (Å²) in [6, 6.07) is 18.9. The normalized spacial score (nSPS) is 16.4. The number of rotatable bonds is 3. The second kappa shape index (κ2) is 4.83. The molecule has 0 amide bonds. The molecule has 1 heterocycles. The molecule has 18 heavy (non-hydrogen) atoms. The monoisotopic (exact) mass is 238 g/mol. The molecule has 0 aliphatic carbocycles. The summed E-state index contributed by atoms with van der Waals surface area (Å²) in [7, 11) is 0. The molecule has 0 unspecified atom stereocenters. The van der Waals surface area contributed by atoms with E-state index in [2.05, 4.69) is 47.4 Å². The molecule has 0 saturated carbocycles. The molecule has 1 saturated heterocycles. The van der Waals surface area contributed by atoms with Crippen LogP contribution in [0.2, 0.25) is 0 Å². The molecule has 1 fully saturated rings. The average Bonchev–Trinajstić information content (AvgIpc) is 2.34. The summed E-state index contributed by atoms with van der Waals surface area (Å²) < 4.78 is 0. The van der Waals surface area contributed by atoms with E-state index in [-0.39, 0.29) is 0 Å². The average molecular weight is 238 g/mol. The molecular formula is C16H18N2. The van der Waals surface area contributed by atoms with Gasteiger partial charge in [-0.25, -0.2) is 0 Å². The second-order valence-corrected chi connectivity index (χ2v) is 5.05. The highest BCUT2D eigenvalue weighted by atomic mass is 15.2. The Morgan fingerprint density at radius 3 is 2.50 bits per heavy atom. The van der Waals surface area contributed by atoms with Crippen molar-refractivity contribution < 1.29 is 0 Å². The Bertz CT molecular complexity index is 516. The minimum absolute atomic E-state index is 0.701. The van der Waals surface area contributed by atoms with Gasteiger partial charge in [0.2, 0.25) is 0 Å². The number of hydrogen-bond acceptors (Lipinski definition) is 2. The van der Waals surface area contributed by atoms with Crippen LogP contribution >= 0.6 is 0 Å². The second-order valence-electron chi connectivity index (χ2n) is 5.05. The van der Waals surface area contributed by atoms with Crippen molar-refractivity contribution in [2.24, 2.45) is 0 Å². The molecule has 1 aliphatic rings. The molecule has 1 aliphatic heterocycles. The van der Waals surface area contributed by atoms with Crippen LogP contribution < -0.4 is 5.73 Å². The fourth-order valence-electron chi connectivity index (χ4n) is 2.58. The lowest BCUT2D eigenvalue weighted by atomic mass is 9.91. The van der Waals surface area contributed by atoms with Gasteiger partial charge in [0, 0.05) is 31.2 Å². The Balaban J connectivity index is 1.57. The van der Waals surface area contributed by atoms with E-state index in [0.29, 0.717) is 5.92 Å². The number of nitrogens with two attached hydrogens (primary N) is 1. The smallest absolute Gasteiger partial charge is 0.0317 e. The largest absolute Gasteiger partial charge is 0.399 e.